The highest BCUT2D eigenvalue weighted by Gasteiger charge is 2.13. The third kappa shape index (κ3) is 6.56. The third-order valence-corrected chi connectivity index (χ3v) is 2.71. The molecule has 0 aliphatic carbocycles. The van der Waals surface area contributed by atoms with Crippen LogP contribution in [0.2, 0.25) is 0 Å². The van der Waals surface area contributed by atoms with Crippen LogP contribution >= 0.6 is 0 Å². The van der Waals surface area contributed by atoms with E-state index in [1.807, 2.05) is 10.8 Å². The second-order valence-corrected chi connectivity index (χ2v) is 4.34. The lowest BCUT2D eigenvalue weighted by molar-refractivity contribution is -0.137. The number of unbranched alkanes of at least 4 members (excludes halogenated alkanes) is 1. The quantitative estimate of drug-likeness (QED) is 0.545. The summed E-state index contributed by atoms with van der Waals surface area (Å²) < 4.78 is 1.97. The second kappa shape index (κ2) is 8.25. The first-order valence-electron chi connectivity index (χ1n) is 6.30. The van der Waals surface area contributed by atoms with Gasteiger partial charge in [0.25, 0.3) is 0 Å². The maximum Gasteiger partial charge on any atom is 0.303 e. The number of nitrogens with zero attached hydrogens (tertiary/aromatic N) is 2. The van der Waals surface area contributed by atoms with Crippen LogP contribution in [0.25, 0.3) is 0 Å². The van der Waals surface area contributed by atoms with E-state index in [1.54, 1.807) is 12.5 Å². The van der Waals surface area contributed by atoms with Gasteiger partial charge in [0.1, 0.15) is 0 Å². The molecular weight excluding hydrogens is 248 g/mol. The molecule has 1 atom stereocenters. The minimum Gasteiger partial charge on any atom is -0.481 e. The summed E-state index contributed by atoms with van der Waals surface area (Å²) in [5.41, 5.74) is 5.57. The standard InChI is InChI=1S/C12H20N4O3/c13-10(3-4-11(17)18)12(19)15-5-1-2-7-16-8-6-14-9-16/h6,8-10H,1-5,7,13H2,(H,15,19)(H,17,18). The molecule has 7 nitrogen and oxygen atoms in total. The number of nitrogens with one attached hydrogen (secondary N) is 1. The zero-order chi connectivity index (χ0) is 14.1. The highest BCUT2D eigenvalue weighted by atomic mass is 16.4. The molecule has 1 aromatic heterocycles. The van der Waals surface area contributed by atoms with E-state index >= 15 is 0 Å². The van der Waals surface area contributed by atoms with E-state index in [0.29, 0.717) is 6.54 Å². The van der Waals surface area contributed by atoms with Crippen molar-refractivity contribution in [3.63, 3.8) is 0 Å². The Balaban J connectivity index is 2.04. The maximum atomic E-state index is 11.5. The van der Waals surface area contributed by atoms with Gasteiger partial charge in [0.15, 0.2) is 0 Å². The molecule has 0 spiro atoms. The summed E-state index contributed by atoms with van der Waals surface area (Å²) in [4.78, 5) is 25.8. The zero-order valence-electron chi connectivity index (χ0n) is 10.8. The van der Waals surface area contributed by atoms with Gasteiger partial charge in [-0.1, -0.05) is 0 Å². The van der Waals surface area contributed by atoms with Crippen LogP contribution in [0.5, 0.6) is 0 Å². The van der Waals surface area contributed by atoms with E-state index in [4.69, 9.17) is 10.8 Å². The van der Waals surface area contributed by atoms with Crippen LogP contribution in [0.4, 0.5) is 0 Å². The summed E-state index contributed by atoms with van der Waals surface area (Å²) in [5.74, 6) is -1.23. The van der Waals surface area contributed by atoms with Gasteiger partial charge in [0.2, 0.25) is 5.91 Å². The summed E-state index contributed by atoms with van der Waals surface area (Å²) in [6.45, 7) is 1.41. The lowest BCUT2D eigenvalue weighted by Crippen LogP contribution is -2.41. The van der Waals surface area contributed by atoms with E-state index in [1.165, 1.54) is 0 Å². The number of hydrogen-bond acceptors (Lipinski definition) is 4. The largest absolute Gasteiger partial charge is 0.481 e. The monoisotopic (exact) mass is 268 g/mol. The van der Waals surface area contributed by atoms with E-state index in [9.17, 15) is 9.59 Å². The highest BCUT2D eigenvalue weighted by molar-refractivity contribution is 5.82. The average molecular weight is 268 g/mol. The highest BCUT2D eigenvalue weighted by Crippen LogP contribution is 1.96. The molecule has 0 bridgehead atoms. The van der Waals surface area contributed by atoms with Crippen molar-refractivity contribution in [1.29, 1.82) is 0 Å². The molecule has 1 unspecified atom stereocenters. The fourth-order valence-electron chi connectivity index (χ4n) is 1.59. The Morgan fingerprint density at radius 1 is 1.42 bits per heavy atom. The molecule has 0 aliphatic heterocycles. The summed E-state index contributed by atoms with van der Waals surface area (Å²) in [7, 11) is 0. The number of aliphatic carboxylic acids is 1. The fraction of sp³-hybridized carbons (Fsp3) is 0.583. The van der Waals surface area contributed by atoms with Crippen LogP contribution in [0.3, 0.4) is 0 Å². The fourth-order valence-corrected chi connectivity index (χ4v) is 1.59. The maximum absolute atomic E-state index is 11.5. The van der Waals surface area contributed by atoms with Crippen molar-refractivity contribution in [2.75, 3.05) is 6.54 Å². The molecule has 4 N–H and O–H groups in total. The Morgan fingerprint density at radius 2 is 2.21 bits per heavy atom. The summed E-state index contributed by atoms with van der Waals surface area (Å²) in [6.07, 6.45) is 7.21. The van der Waals surface area contributed by atoms with Gasteiger partial charge in [-0.15, -0.1) is 0 Å². The van der Waals surface area contributed by atoms with Crippen molar-refractivity contribution in [2.24, 2.45) is 5.73 Å². The number of rotatable bonds is 9. The number of carboxylic acid groups (broad SMARTS) is 1. The molecule has 1 heterocycles. The van der Waals surface area contributed by atoms with E-state index < -0.39 is 12.0 Å². The van der Waals surface area contributed by atoms with Gasteiger partial charge in [0, 0.05) is 31.9 Å². The van der Waals surface area contributed by atoms with Crippen molar-refractivity contribution in [2.45, 2.75) is 38.3 Å². The summed E-state index contributed by atoms with van der Waals surface area (Å²) in [6, 6.07) is -0.746. The first-order chi connectivity index (χ1) is 9.09. The van der Waals surface area contributed by atoms with Gasteiger partial charge in [-0.2, -0.15) is 0 Å². The Hall–Kier alpha value is -1.89. The van der Waals surface area contributed by atoms with Gasteiger partial charge in [-0.3, -0.25) is 9.59 Å². The molecule has 0 aromatic carbocycles. The molecule has 0 radical (unpaired) electrons. The lowest BCUT2D eigenvalue weighted by atomic mass is 10.1. The van der Waals surface area contributed by atoms with Crippen molar-refractivity contribution >= 4 is 11.9 Å². The number of carboxylic acids is 1. The average Bonchev–Trinajstić information content (AvgIpc) is 2.88. The minimum atomic E-state index is -0.941. The van der Waals surface area contributed by atoms with E-state index in [0.717, 1.165) is 19.4 Å². The zero-order valence-corrected chi connectivity index (χ0v) is 10.8. The molecule has 7 heteroatoms. The van der Waals surface area contributed by atoms with Crippen molar-refractivity contribution < 1.29 is 14.7 Å². The van der Waals surface area contributed by atoms with Crippen molar-refractivity contribution in [1.82, 2.24) is 14.9 Å². The molecule has 0 saturated heterocycles. The predicted molar refractivity (Wildman–Crippen MR) is 69.3 cm³/mol. The van der Waals surface area contributed by atoms with E-state index in [-0.39, 0.29) is 18.7 Å². The lowest BCUT2D eigenvalue weighted by Gasteiger charge is -2.11. The van der Waals surface area contributed by atoms with E-state index in [2.05, 4.69) is 10.3 Å². The Labute approximate surface area is 111 Å². The van der Waals surface area contributed by atoms with Crippen LogP contribution in [0.1, 0.15) is 25.7 Å². The number of hydrogen-bond donors (Lipinski definition) is 3. The molecule has 0 saturated carbocycles. The topological polar surface area (TPSA) is 110 Å². The molecule has 0 fully saturated rings. The number of imidazole rings is 1. The normalized spacial score (nSPS) is 12.1. The first kappa shape index (κ1) is 15.2. The van der Waals surface area contributed by atoms with Gasteiger partial charge >= 0.3 is 5.97 Å². The SMILES string of the molecule is NC(CCC(=O)O)C(=O)NCCCCn1ccnc1. The first-order valence-corrected chi connectivity index (χ1v) is 6.30. The van der Waals surface area contributed by atoms with Crippen LogP contribution in [0, 0.1) is 0 Å². The Morgan fingerprint density at radius 3 is 2.84 bits per heavy atom. The summed E-state index contributed by atoms with van der Waals surface area (Å²) >= 11 is 0. The molecule has 19 heavy (non-hydrogen) atoms. The molecule has 106 valence electrons. The van der Waals surface area contributed by atoms with Crippen LogP contribution in [0.15, 0.2) is 18.7 Å². The van der Waals surface area contributed by atoms with Crippen LogP contribution in [-0.4, -0.2) is 39.1 Å². The number of aryl methyl sites for hydroxylation is 1. The van der Waals surface area contributed by atoms with Gasteiger partial charge < -0.3 is 20.7 Å². The minimum absolute atomic E-state index is 0.0881. The second-order valence-electron chi connectivity index (χ2n) is 4.34. The number of aromatic nitrogens is 2. The van der Waals surface area contributed by atoms with Crippen LogP contribution < -0.4 is 11.1 Å². The number of nitrogens with two attached hydrogens (primary N) is 1. The molecule has 0 aliphatic rings. The van der Waals surface area contributed by atoms with Gasteiger partial charge in [-0.25, -0.2) is 4.98 Å². The Bertz CT molecular complexity index is 392. The Kier molecular flexibility index (Phi) is 6.59. The number of amides is 1. The van der Waals surface area contributed by atoms with Gasteiger partial charge in [0.05, 0.1) is 12.4 Å². The summed E-state index contributed by atoms with van der Waals surface area (Å²) in [5, 5.41) is 11.2. The third-order valence-electron chi connectivity index (χ3n) is 2.71. The smallest absolute Gasteiger partial charge is 0.303 e. The predicted octanol–water partition coefficient (Wildman–Crippen LogP) is -0.0284. The molecular formula is C12H20N4O3. The molecule has 1 rings (SSSR count). The van der Waals surface area contributed by atoms with Crippen molar-refractivity contribution in [3.8, 4) is 0 Å². The molecule has 1 aromatic rings. The van der Waals surface area contributed by atoms with Crippen molar-refractivity contribution in [3.05, 3.63) is 18.7 Å². The van der Waals surface area contributed by atoms with Gasteiger partial charge in [-0.05, 0) is 19.3 Å². The number of carbonyl (C=O) groups excluding carboxylic acids is 1. The number of carbonyl (C=O) groups is 2. The molecule has 1 amide bonds. The van der Waals surface area contributed by atoms with Crippen LogP contribution in [-0.2, 0) is 16.1 Å².